The maximum atomic E-state index is 13.2. The van der Waals surface area contributed by atoms with E-state index < -0.39 is 11.6 Å². The number of halogens is 2. The second kappa shape index (κ2) is 9.23. The van der Waals surface area contributed by atoms with E-state index in [0.717, 1.165) is 31.9 Å². The third-order valence-electron chi connectivity index (χ3n) is 3.53. The Hall–Kier alpha value is -2.14. The van der Waals surface area contributed by atoms with E-state index in [1.807, 2.05) is 0 Å². The normalized spacial score (nSPS) is 10.8. The van der Waals surface area contributed by atoms with E-state index in [2.05, 4.69) is 11.9 Å². The van der Waals surface area contributed by atoms with Crippen LogP contribution in [0.2, 0.25) is 0 Å². The number of carbonyl (C=O) groups excluding carboxylic acids is 1. The molecule has 24 heavy (non-hydrogen) atoms. The number of hydrogen-bond donors (Lipinski definition) is 0. The summed E-state index contributed by atoms with van der Waals surface area (Å²) in [5, 5.41) is 0. The first-order valence-corrected chi connectivity index (χ1v) is 8.13. The first kappa shape index (κ1) is 18.2. The van der Waals surface area contributed by atoms with Crippen LogP contribution < -0.4 is 0 Å². The highest BCUT2D eigenvalue weighted by Crippen LogP contribution is 2.20. The van der Waals surface area contributed by atoms with Crippen LogP contribution in [-0.2, 0) is 4.74 Å². The van der Waals surface area contributed by atoms with Crippen molar-refractivity contribution in [2.75, 3.05) is 13.2 Å². The second-order valence-electron chi connectivity index (χ2n) is 5.58. The van der Waals surface area contributed by atoms with Gasteiger partial charge in [-0.1, -0.05) is 6.92 Å². The van der Waals surface area contributed by atoms with Crippen molar-refractivity contribution in [1.29, 1.82) is 0 Å². The summed E-state index contributed by atoms with van der Waals surface area (Å²) in [6, 6.07) is 6.48. The maximum absolute atomic E-state index is 13.2. The number of carbonyl (C=O) groups is 1. The molecule has 0 bridgehead atoms. The molecule has 0 spiro atoms. The van der Waals surface area contributed by atoms with Gasteiger partial charge >= 0.3 is 0 Å². The molecule has 1 heterocycles. The van der Waals surface area contributed by atoms with Gasteiger partial charge in [0.15, 0.2) is 5.78 Å². The molecule has 0 aliphatic carbocycles. The van der Waals surface area contributed by atoms with E-state index in [9.17, 15) is 13.6 Å². The van der Waals surface area contributed by atoms with Crippen LogP contribution in [-0.4, -0.2) is 24.0 Å². The van der Waals surface area contributed by atoms with Gasteiger partial charge in [-0.05, 0) is 43.5 Å². The van der Waals surface area contributed by atoms with Crippen molar-refractivity contribution in [2.24, 2.45) is 0 Å². The molecule has 3 nitrogen and oxygen atoms in total. The largest absolute Gasteiger partial charge is 0.381 e. The Morgan fingerprint density at radius 3 is 2.46 bits per heavy atom. The van der Waals surface area contributed by atoms with Crippen LogP contribution in [0, 0.1) is 11.6 Å². The Balaban J connectivity index is 1.90. The van der Waals surface area contributed by atoms with Gasteiger partial charge in [-0.25, -0.2) is 8.78 Å². The number of Topliss-reactive ketones (excluding diaryl/α,β-unsaturated/α-hetero) is 1. The van der Waals surface area contributed by atoms with Gasteiger partial charge in [-0.2, -0.15) is 0 Å². The monoisotopic (exact) mass is 333 g/mol. The number of ether oxygens (including phenoxy) is 1. The Morgan fingerprint density at radius 1 is 1.08 bits per heavy atom. The van der Waals surface area contributed by atoms with Gasteiger partial charge in [-0.15, -0.1) is 0 Å². The summed E-state index contributed by atoms with van der Waals surface area (Å²) in [7, 11) is 0. The summed E-state index contributed by atoms with van der Waals surface area (Å²) < 4.78 is 31.8. The van der Waals surface area contributed by atoms with Crippen LogP contribution in [0.25, 0.3) is 11.3 Å². The van der Waals surface area contributed by atoms with Crippen molar-refractivity contribution < 1.29 is 18.3 Å². The Kier molecular flexibility index (Phi) is 7.00. The Morgan fingerprint density at radius 2 is 1.83 bits per heavy atom. The molecule has 2 rings (SSSR count). The summed E-state index contributed by atoms with van der Waals surface area (Å²) >= 11 is 0. The molecule has 0 atom stereocenters. The molecule has 0 fully saturated rings. The second-order valence-corrected chi connectivity index (χ2v) is 5.58. The molecular weight excluding hydrogens is 312 g/mol. The smallest absolute Gasteiger partial charge is 0.164 e. The number of aromatic nitrogens is 1. The first-order valence-electron chi connectivity index (χ1n) is 8.13. The van der Waals surface area contributed by atoms with Crippen molar-refractivity contribution in [3.63, 3.8) is 0 Å². The van der Waals surface area contributed by atoms with Crippen LogP contribution in [0.15, 0.2) is 36.5 Å². The van der Waals surface area contributed by atoms with Crippen LogP contribution in [0.5, 0.6) is 0 Å². The van der Waals surface area contributed by atoms with Gasteiger partial charge in [0.05, 0.1) is 5.69 Å². The minimum Gasteiger partial charge on any atom is -0.381 e. The average Bonchev–Trinajstić information content (AvgIpc) is 2.57. The van der Waals surface area contributed by atoms with E-state index in [4.69, 9.17) is 4.74 Å². The summed E-state index contributed by atoms with van der Waals surface area (Å²) in [4.78, 5) is 16.2. The zero-order valence-corrected chi connectivity index (χ0v) is 13.7. The minimum absolute atomic E-state index is 0.00923. The van der Waals surface area contributed by atoms with Gasteiger partial charge in [0.25, 0.3) is 0 Å². The average molecular weight is 333 g/mol. The zero-order valence-electron chi connectivity index (χ0n) is 13.7. The van der Waals surface area contributed by atoms with Crippen molar-refractivity contribution >= 4 is 5.78 Å². The van der Waals surface area contributed by atoms with Crippen molar-refractivity contribution in [3.8, 4) is 11.3 Å². The number of pyridine rings is 1. The fourth-order valence-corrected chi connectivity index (χ4v) is 2.31. The van der Waals surface area contributed by atoms with E-state index in [1.165, 1.54) is 18.3 Å². The number of hydrogen-bond acceptors (Lipinski definition) is 3. The highest BCUT2D eigenvalue weighted by atomic mass is 19.1. The fourth-order valence-electron chi connectivity index (χ4n) is 2.31. The van der Waals surface area contributed by atoms with E-state index >= 15 is 0 Å². The molecule has 0 amide bonds. The topological polar surface area (TPSA) is 39.2 Å². The molecule has 1 aromatic heterocycles. The summed E-state index contributed by atoms with van der Waals surface area (Å²) in [5.41, 5.74) is 1.28. The fraction of sp³-hybridized carbons (Fsp3) is 0.368. The van der Waals surface area contributed by atoms with Crippen LogP contribution >= 0.6 is 0 Å². The van der Waals surface area contributed by atoms with Crippen LogP contribution in [0.4, 0.5) is 8.78 Å². The van der Waals surface area contributed by atoms with Gasteiger partial charge < -0.3 is 4.74 Å². The predicted octanol–water partition coefficient (Wildman–Crippen LogP) is 4.81. The predicted molar refractivity (Wildman–Crippen MR) is 88.9 cm³/mol. The summed E-state index contributed by atoms with van der Waals surface area (Å²) in [6.45, 7) is 3.47. The molecule has 1 aromatic carbocycles. The number of nitrogens with zero attached hydrogens (tertiary/aromatic N) is 1. The molecule has 0 aliphatic heterocycles. The van der Waals surface area contributed by atoms with Gasteiger partial charge in [0, 0.05) is 43.0 Å². The van der Waals surface area contributed by atoms with E-state index in [1.54, 1.807) is 12.1 Å². The lowest BCUT2D eigenvalue weighted by molar-refractivity contribution is 0.0967. The highest BCUT2D eigenvalue weighted by molar-refractivity contribution is 5.95. The third-order valence-corrected chi connectivity index (χ3v) is 3.53. The van der Waals surface area contributed by atoms with E-state index in [-0.39, 0.29) is 5.78 Å². The molecule has 0 unspecified atom stereocenters. The minimum atomic E-state index is -0.655. The van der Waals surface area contributed by atoms with E-state index in [0.29, 0.717) is 29.8 Å². The van der Waals surface area contributed by atoms with Crippen molar-refractivity contribution in [3.05, 3.63) is 53.7 Å². The lowest BCUT2D eigenvalue weighted by Crippen LogP contribution is -2.02. The maximum Gasteiger partial charge on any atom is 0.164 e. The number of rotatable bonds is 9. The molecule has 5 heteroatoms. The zero-order chi connectivity index (χ0) is 17.4. The summed E-state index contributed by atoms with van der Waals surface area (Å²) in [5.74, 6) is -1.30. The quantitative estimate of drug-likeness (QED) is 0.488. The van der Waals surface area contributed by atoms with Gasteiger partial charge in [0.1, 0.15) is 11.6 Å². The molecule has 0 radical (unpaired) electrons. The number of unbranched alkanes of at least 4 members (excludes halogenated alkanes) is 1. The van der Waals surface area contributed by atoms with Crippen molar-refractivity contribution in [1.82, 2.24) is 4.98 Å². The van der Waals surface area contributed by atoms with Gasteiger partial charge in [0.2, 0.25) is 0 Å². The van der Waals surface area contributed by atoms with Crippen LogP contribution in [0.1, 0.15) is 43.0 Å². The molecule has 2 aromatic rings. The molecular formula is C19H21F2NO2. The molecule has 0 N–H and O–H groups in total. The molecule has 0 saturated carbocycles. The first-order chi connectivity index (χ1) is 11.6. The Bertz CT molecular complexity index is 651. The lowest BCUT2D eigenvalue weighted by atomic mass is 10.1. The highest BCUT2D eigenvalue weighted by Gasteiger charge is 2.08. The SMILES string of the molecule is CCCOCCCCC(=O)c1ccc(-c2cc(F)cc(F)c2)nc1. The number of ketones is 1. The summed E-state index contributed by atoms with van der Waals surface area (Å²) in [6.07, 6.45) is 4.49. The molecule has 0 saturated heterocycles. The number of benzene rings is 1. The van der Waals surface area contributed by atoms with Crippen LogP contribution in [0.3, 0.4) is 0 Å². The lowest BCUT2D eigenvalue weighted by Gasteiger charge is -2.05. The third kappa shape index (κ3) is 5.49. The van der Waals surface area contributed by atoms with Crippen molar-refractivity contribution in [2.45, 2.75) is 32.6 Å². The van der Waals surface area contributed by atoms with Gasteiger partial charge in [-0.3, -0.25) is 9.78 Å². The molecule has 0 aliphatic rings. The molecule has 128 valence electrons. The standard InChI is InChI=1S/C19H21F2NO2/c1-2-8-24-9-4-3-5-19(23)14-6-7-18(22-13-14)15-10-16(20)12-17(21)11-15/h6-7,10-13H,2-5,8-9H2,1H3. The Labute approximate surface area is 140 Å².